The molecule has 1 aromatic heterocycles. The number of pyridine rings is 1. The molecule has 0 unspecified atom stereocenters. The number of amides is 1. The number of nitrogen functional groups attached to an aromatic ring is 1. The number of carbonyl (C=O) groups is 2. The first-order chi connectivity index (χ1) is 18.7. The molecule has 226 valence electrons. The zero-order valence-electron chi connectivity index (χ0n) is 24.6. The SMILES string of the molecule is C.CC.CC(C)Oc1ccc(C(=N)c2cc(NC=O)ccc2N)cn1.CCOC.CCOC(=O)CN1CCCC1. The summed E-state index contributed by atoms with van der Waals surface area (Å²) in [7, 11) is 1.68. The third kappa shape index (κ3) is 15.8. The number of likely N-dealkylation sites (tertiary alicyclic amines) is 1. The smallest absolute Gasteiger partial charge is 0.320 e. The van der Waals surface area contributed by atoms with Gasteiger partial charge in [-0.25, -0.2) is 4.98 Å². The highest BCUT2D eigenvalue weighted by atomic mass is 16.5. The monoisotopic (exact) mass is 561 g/mol. The summed E-state index contributed by atoms with van der Waals surface area (Å²) in [6.45, 7) is 15.5. The van der Waals surface area contributed by atoms with Crippen molar-refractivity contribution in [1.82, 2.24) is 9.88 Å². The minimum absolute atomic E-state index is 0. The number of hydrogen-bond acceptors (Lipinski definition) is 9. The van der Waals surface area contributed by atoms with Crippen molar-refractivity contribution >= 4 is 29.5 Å². The fraction of sp³-hybridized carbons (Fsp3) is 0.533. The minimum Gasteiger partial charge on any atom is -0.475 e. The molecule has 0 aliphatic carbocycles. The molecule has 0 spiro atoms. The standard InChI is InChI=1S/C16H18N4O2.C8H15NO2.C3H8O.C2H6.CH4/c1-10(2)22-15-6-3-11(8-19-15)16(18)13-7-12(20-9-21)4-5-14(13)17;1-2-11-8(10)7-9-5-3-4-6-9;1-3-4-2;1-2;/h3-10,18H,17H2,1-2H3,(H,20,21);2-7H2,1H3;3H2,1-2H3;1-2H3;1H4. The molecule has 1 amide bonds. The molecule has 3 rings (SSSR count). The summed E-state index contributed by atoms with van der Waals surface area (Å²) in [5.74, 6) is 0.422. The molecule has 1 aliphatic heterocycles. The Bertz CT molecular complexity index is 959. The minimum atomic E-state index is -0.0885. The first-order valence-corrected chi connectivity index (χ1v) is 13.4. The van der Waals surface area contributed by atoms with Gasteiger partial charge >= 0.3 is 5.97 Å². The van der Waals surface area contributed by atoms with E-state index in [0.717, 1.165) is 19.7 Å². The lowest BCUT2D eigenvalue weighted by Crippen LogP contribution is -2.28. The van der Waals surface area contributed by atoms with Crippen molar-refractivity contribution in [1.29, 1.82) is 5.41 Å². The van der Waals surface area contributed by atoms with Gasteiger partial charge in [-0.15, -0.1) is 0 Å². The quantitative estimate of drug-likeness (QED) is 0.152. The average molecular weight is 562 g/mol. The van der Waals surface area contributed by atoms with Crippen molar-refractivity contribution in [2.45, 2.75) is 67.9 Å². The highest BCUT2D eigenvalue weighted by molar-refractivity contribution is 6.14. The van der Waals surface area contributed by atoms with Gasteiger partial charge in [-0.2, -0.15) is 0 Å². The Kier molecular flexibility index (Phi) is 22.6. The van der Waals surface area contributed by atoms with E-state index in [1.165, 1.54) is 12.8 Å². The Morgan fingerprint density at radius 2 is 1.77 bits per heavy atom. The first-order valence-electron chi connectivity index (χ1n) is 13.4. The van der Waals surface area contributed by atoms with Crippen molar-refractivity contribution in [2.24, 2.45) is 0 Å². The molecule has 0 atom stereocenters. The second kappa shape index (κ2) is 23.4. The Morgan fingerprint density at radius 3 is 2.25 bits per heavy atom. The van der Waals surface area contributed by atoms with Gasteiger partial charge in [0.2, 0.25) is 12.3 Å². The van der Waals surface area contributed by atoms with Crippen LogP contribution in [-0.2, 0) is 19.1 Å². The second-order valence-electron chi connectivity index (χ2n) is 8.36. The third-order valence-corrected chi connectivity index (χ3v) is 5.08. The van der Waals surface area contributed by atoms with E-state index in [4.69, 9.17) is 20.6 Å². The van der Waals surface area contributed by atoms with Gasteiger partial charge in [0.15, 0.2) is 0 Å². The van der Waals surface area contributed by atoms with E-state index >= 15 is 0 Å². The largest absolute Gasteiger partial charge is 0.475 e. The topological polar surface area (TPSA) is 140 Å². The van der Waals surface area contributed by atoms with Gasteiger partial charge in [-0.3, -0.25) is 19.9 Å². The highest BCUT2D eigenvalue weighted by Gasteiger charge is 2.15. The molecule has 10 nitrogen and oxygen atoms in total. The molecule has 0 saturated carbocycles. The molecular weight excluding hydrogens is 510 g/mol. The number of carbonyl (C=O) groups excluding carboxylic acids is 2. The number of esters is 1. The van der Waals surface area contributed by atoms with Crippen LogP contribution in [-0.4, -0.2) is 74.0 Å². The van der Waals surface area contributed by atoms with E-state index in [1.807, 2.05) is 41.5 Å². The molecule has 2 aromatic rings. The molecule has 1 saturated heterocycles. The Labute approximate surface area is 241 Å². The van der Waals surface area contributed by atoms with Gasteiger partial charge in [0.1, 0.15) is 0 Å². The molecule has 40 heavy (non-hydrogen) atoms. The fourth-order valence-electron chi connectivity index (χ4n) is 3.26. The number of benzene rings is 1. The van der Waals surface area contributed by atoms with E-state index in [9.17, 15) is 9.59 Å². The van der Waals surface area contributed by atoms with Crippen LogP contribution in [0, 0.1) is 5.41 Å². The van der Waals surface area contributed by atoms with Crippen molar-refractivity contribution in [3.63, 3.8) is 0 Å². The van der Waals surface area contributed by atoms with Gasteiger partial charge < -0.3 is 25.3 Å². The average Bonchev–Trinajstić information content (AvgIpc) is 3.44. The summed E-state index contributed by atoms with van der Waals surface area (Å²) in [5, 5.41) is 10.8. The van der Waals surface area contributed by atoms with Gasteiger partial charge in [0.25, 0.3) is 0 Å². The van der Waals surface area contributed by atoms with E-state index in [2.05, 4.69) is 19.9 Å². The van der Waals surface area contributed by atoms with Crippen molar-refractivity contribution in [2.75, 3.05) is 51.0 Å². The van der Waals surface area contributed by atoms with Gasteiger partial charge in [-0.1, -0.05) is 21.3 Å². The number of rotatable bonds is 10. The summed E-state index contributed by atoms with van der Waals surface area (Å²) in [6.07, 6.45) is 4.64. The van der Waals surface area contributed by atoms with Gasteiger partial charge in [0, 0.05) is 48.5 Å². The van der Waals surface area contributed by atoms with Crippen LogP contribution in [0.1, 0.15) is 72.9 Å². The number of ether oxygens (including phenoxy) is 3. The van der Waals surface area contributed by atoms with E-state index < -0.39 is 0 Å². The number of methoxy groups -OCH3 is 1. The summed E-state index contributed by atoms with van der Waals surface area (Å²) in [4.78, 5) is 27.8. The van der Waals surface area contributed by atoms with Crippen LogP contribution >= 0.6 is 0 Å². The maximum absolute atomic E-state index is 10.9. The van der Waals surface area contributed by atoms with Crippen LogP contribution in [0.2, 0.25) is 0 Å². The van der Waals surface area contributed by atoms with Crippen molar-refractivity contribution < 1.29 is 23.8 Å². The maximum atomic E-state index is 10.9. The summed E-state index contributed by atoms with van der Waals surface area (Å²) in [5.41, 5.74) is 8.34. The highest BCUT2D eigenvalue weighted by Crippen LogP contribution is 2.21. The van der Waals surface area contributed by atoms with Crippen LogP contribution < -0.4 is 15.8 Å². The predicted molar refractivity (Wildman–Crippen MR) is 164 cm³/mol. The van der Waals surface area contributed by atoms with Gasteiger partial charge in [-0.05, 0) is 77.9 Å². The molecule has 1 aromatic carbocycles. The Balaban J connectivity index is 0. The van der Waals surface area contributed by atoms with Gasteiger partial charge in [0.05, 0.1) is 25.0 Å². The molecule has 0 bridgehead atoms. The van der Waals surface area contributed by atoms with E-state index in [0.29, 0.717) is 47.9 Å². The van der Waals surface area contributed by atoms with Crippen LogP contribution in [0.15, 0.2) is 36.5 Å². The summed E-state index contributed by atoms with van der Waals surface area (Å²) < 4.78 is 14.8. The Morgan fingerprint density at radius 1 is 1.15 bits per heavy atom. The molecular formula is C30H51N5O5. The number of aromatic nitrogens is 1. The fourth-order valence-corrected chi connectivity index (χ4v) is 3.26. The first kappa shape index (κ1) is 38.6. The molecule has 1 fully saturated rings. The lowest BCUT2D eigenvalue weighted by atomic mass is 10.0. The molecule has 4 N–H and O–H groups in total. The van der Waals surface area contributed by atoms with Crippen LogP contribution in [0.3, 0.4) is 0 Å². The van der Waals surface area contributed by atoms with E-state index in [1.54, 1.807) is 43.6 Å². The van der Waals surface area contributed by atoms with Crippen molar-refractivity contribution in [3.05, 3.63) is 47.7 Å². The number of hydrogen-bond donors (Lipinski definition) is 3. The van der Waals surface area contributed by atoms with Crippen LogP contribution in [0.5, 0.6) is 5.88 Å². The maximum Gasteiger partial charge on any atom is 0.320 e. The van der Waals surface area contributed by atoms with E-state index in [-0.39, 0.29) is 25.2 Å². The number of nitrogens with one attached hydrogen (secondary N) is 2. The van der Waals surface area contributed by atoms with Crippen molar-refractivity contribution in [3.8, 4) is 5.88 Å². The molecule has 1 aliphatic rings. The number of anilines is 2. The molecule has 10 heteroatoms. The zero-order chi connectivity index (χ0) is 29.6. The number of nitrogens with zero attached hydrogens (tertiary/aromatic N) is 2. The second-order valence-corrected chi connectivity index (χ2v) is 8.36. The summed E-state index contributed by atoms with van der Waals surface area (Å²) in [6, 6.07) is 8.46. The lowest BCUT2D eigenvalue weighted by molar-refractivity contribution is -0.144. The lowest BCUT2D eigenvalue weighted by Gasteiger charge is -2.12. The Hall–Kier alpha value is -3.50. The molecule has 0 radical (unpaired) electrons. The van der Waals surface area contributed by atoms with Crippen LogP contribution in [0.4, 0.5) is 11.4 Å². The molecule has 2 heterocycles. The number of nitrogens with two attached hydrogens (primary N) is 1. The normalized spacial score (nSPS) is 11.7. The summed E-state index contributed by atoms with van der Waals surface area (Å²) >= 11 is 0. The predicted octanol–water partition coefficient (Wildman–Crippen LogP) is 5.40. The zero-order valence-corrected chi connectivity index (χ0v) is 24.6. The third-order valence-electron chi connectivity index (χ3n) is 5.08. The van der Waals surface area contributed by atoms with Crippen LogP contribution in [0.25, 0.3) is 0 Å².